The van der Waals surface area contributed by atoms with Gasteiger partial charge in [0.2, 0.25) is 5.76 Å². The number of carbonyl (C=O) groups excluding carboxylic acids is 2. The standard InChI is InChI=1S/C19H19N5O3/c1-12(22-18(25)14-8-15(9-20)27-11-14)10-24(3)19(26)16-17-13(4-6-21-16)5-7-23(17)2/h4-8,11-12H,10H2,1-3H3,(H,22,25)/t12-/m1/s1. The van der Waals surface area contributed by atoms with Crippen molar-refractivity contribution in [3.63, 3.8) is 0 Å². The summed E-state index contributed by atoms with van der Waals surface area (Å²) >= 11 is 0. The number of aryl methyl sites for hydroxylation is 1. The van der Waals surface area contributed by atoms with Gasteiger partial charge in [0.25, 0.3) is 11.8 Å². The van der Waals surface area contributed by atoms with Crippen LogP contribution < -0.4 is 5.32 Å². The third kappa shape index (κ3) is 3.67. The van der Waals surface area contributed by atoms with E-state index in [4.69, 9.17) is 9.68 Å². The van der Waals surface area contributed by atoms with Gasteiger partial charge in [-0.1, -0.05) is 0 Å². The monoisotopic (exact) mass is 365 g/mol. The molecule has 0 unspecified atom stereocenters. The van der Waals surface area contributed by atoms with Gasteiger partial charge < -0.3 is 19.2 Å². The van der Waals surface area contributed by atoms with Crippen LogP contribution in [0.5, 0.6) is 0 Å². The Labute approximate surface area is 156 Å². The third-order valence-electron chi connectivity index (χ3n) is 4.23. The molecule has 0 bridgehead atoms. The SMILES string of the molecule is C[C@H](CN(C)C(=O)c1nccc2ccn(C)c12)NC(=O)c1coc(C#N)c1. The summed E-state index contributed by atoms with van der Waals surface area (Å²) < 4.78 is 6.80. The summed E-state index contributed by atoms with van der Waals surface area (Å²) in [6, 6.07) is 6.68. The zero-order valence-electron chi connectivity index (χ0n) is 15.3. The number of nitriles is 1. The number of rotatable bonds is 5. The number of nitrogens with zero attached hydrogens (tertiary/aromatic N) is 4. The van der Waals surface area contributed by atoms with Gasteiger partial charge in [0.05, 0.1) is 11.1 Å². The molecule has 8 nitrogen and oxygen atoms in total. The van der Waals surface area contributed by atoms with E-state index >= 15 is 0 Å². The number of hydrogen-bond donors (Lipinski definition) is 1. The summed E-state index contributed by atoms with van der Waals surface area (Å²) in [5, 5.41) is 12.5. The second-order valence-corrected chi connectivity index (χ2v) is 6.40. The van der Waals surface area contributed by atoms with Gasteiger partial charge in [0.15, 0.2) is 5.69 Å². The van der Waals surface area contributed by atoms with Gasteiger partial charge in [-0.25, -0.2) is 4.98 Å². The van der Waals surface area contributed by atoms with Gasteiger partial charge >= 0.3 is 0 Å². The van der Waals surface area contributed by atoms with E-state index < -0.39 is 0 Å². The van der Waals surface area contributed by atoms with Gasteiger partial charge in [-0.2, -0.15) is 5.26 Å². The maximum Gasteiger partial charge on any atom is 0.274 e. The Kier molecular flexibility index (Phi) is 4.94. The molecule has 3 aromatic rings. The summed E-state index contributed by atoms with van der Waals surface area (Å²) in [5.74, 6) is -0.517. The highest BCUT2D eigenvalue weighted by atomic mass is 16.3. The van der Waals surface area contributed by atoms with E-state index in [-0.39, 0.29) is 29.2 Å². The number of hydrogen-bond acceptors (Lipinski definition) is 5. The van der Waals surface area contributed by atoms with Gasteiger partial charge in [0, 0.05) is 50.5 Å². The number of amides is 2. The zero-order chi connectivity index (χ0) is 19.6. The second kappa shape index (κ2) is 7.33. The summed E-state index contributed by atoms with van der Waals surface area (Å²) in [4.78, 5) is 30.8. The zero-order valence-corrected chi connectivity index (χ0v) is 15.3. The molecule has 138 valence electrons. The van der Waals surface area contributed by atoms with Crippen LogP contribution in [0.4, 0.5) is 0 Å². The molecule has 8 heteroatoms. The molecule has 27 heavy (non-hydrogen) atoms. The Hall–Kier alpha value is -3.60. The van der Waals surface area contributed by atoms with E-state index in [2.05, 4.69) is 10.3 Å². The molecule has 0 aromatic carbocycles. The highest BCUT2D eigenvalue weighted by Gasteiger charge is 2.21. The predicted octanol–water partition coefficient (Wildman–Crippen LogP) is 1.93. The topological polar surface area (TPSA) is 104 Å². The maximum absolute atomic E-state index is 12.8. The van der Waals surface area contributed by atoms with Crippen molar-refractivity contribution in [1.82, 2.24) is 19.8 Å². The van der Waals surface area contributed by atoms with Crippen LogP contribution in [-0.4, -0.2) is 45.9 Å². The lowest BCUT2D eigenvalue weighted by atomic mass is 10.2. The molecule has 0 aliphatic carbocycles. The minimum absolute atomic E-state index is 0.0711. The molecule has 0 saturated heterocycles. The van der Waals surface area contributed by atoms with Crippen LogP contribution in [-0.2, 0) is 7.05 Å². The molecule has 3 heterocycles. The fourth-order valence-corrected chi connectivity index (χ4v) is 2.94. The van der Waals surface area contributed by atoms with Crippen LogP contribution in [0.1, 0.15) is 33.5 Å². The summed E-state index contributed by atoms with van der Waals surface area (Å²) in [5.41, 5.74) is 1.41. The smallest absolute Gasteiger partial charge is 0.274 e. The number of nitrogens with one attached hydrogen (secondary N) is 1. The lowest BCUT2D eigenvalue weighted by Crippen LogP contribution is -2.42. The molecule has 3 rings (SSSR count). The molecule has 0 aliphatic rings. The lowest BCUT2D eigenvalue weighted by Gasteiger charge is -2.22. The summed E-state index contributed by atoms with van der Waals surface area (Å²) in [6.07, 6.45) is 4.72. The average Bonchev–Trinajstić information content (AvgIpc) is 3.28. The van der Waals surface area contributed by atoms with Gasteiger partial charge in [0.1, 0.15) is 12.3 Å². The first kappa shape index (κ1) is 18.2. The highest BCUT2D eigenvalue weighted by Crippen LogP contribution is 2.18. The Morgan fingerprint density at radius 1 is 1.44 bits per heavy atom. The largest absolute Gasteiger partial charge is 0.453 e. The summed E-state index contributed by atoms with van der Waals surface area (Å²) in [6.45, 7) is 2.10. The number of carbonyl (C=O) groups is 2. The molecule has 1 atom stereocenters. The molecule has 2 amide bonds. The van der Waals surface area contributed by atoms with Crippen LogP contribution in [0, 0.1) is 11.3 Å². The first-order valence-electron chi connectivity index (χ1n) is 8.35. The van der Waals surface area contributed by atoms with Crippen molar-refractivity contribution < 1.29 is 14.0 Å². The van der Waals surface area contributed by atoms with E-state index in [9.17, 15) is 9.59 Å². The molecule has 0 fully saturated rings. The number of aromatic nitrogens is 2. The van der Waals surface area contributed by atoms with Crippen LogP contribution in [0.15, 0.2) is 41.3 Å². The van der Waals surface area contributed by atoms with Crippen molar-refractivity contribution in [2.24, 2.45) is 7.05 Å². The van der Waals surface area contributed by atoms with Crippen LogP contribution >= 0.6 is 0 Å². The van der Waals surface area contributed by atoms with Crippen LogP contribution in [0.3, 0.4) is 0 Å². The van der Waals surface area contributed by atoms with E-state index in [0.29, 0.717) is 12.2 Å². The quantitative estimate of drug-likeness (QED) is 0.744. The van der Waals surface area contributed by atoms with Crippen molar-refractivity contribution >= 4 is 22.7 Å². The van der Waals surface area contributed by atoms with Crippen molar-refractivity contribution in [1.29, 1.82) is 5.26 Å². The molecule has 0 saturated carbocycles. The number of fused-ring (bicyclic) bond motifs is 1. The fraction of sp³-hybridized carbons (Fsp3) is 0.263. The number of likely N-dealkylation sites (N-methyl/N-ethyl adjacent to an activating group) is 1. The Balaban J connectivity index is 1.68. The summed E-state index contributed by atoms with van der Waals surface area (Å²) in [7, 11) is 3.53. The number of pyridine rings is 1. The number of furan rings is 1. The Morgan fingerprint density at radius 3 is 2.93 bits per heavy atom. The van der Waals surface area contributed by atoms with E-state index in [0.717, 1.165) is 10.9 Å². The minimum atomic E-state index is -0.365. The van der Waals surface area contributed by atoms with Gasteiger partial charge in [-0.3, -0.25) is 9.59 Å². The van der Waals surface area contributed by atoms with E-state index in [1.54, 1.807) is 20.2 Å². The molecule has 1 N–H and O–H groups in total. The molecular weight excluding hydrogens is 346 g/mol. The first-order valence-corrected chi connectivity index (χ1v) is 8.35. The highest BCUT2D eigenvalue weighted by molar-refractivity contribution is 6.04. The van der Waals surface area contributed by atoms with E-state index in [1.165, 1.54) is 17.2 Å². The van der Waals surface area contributed by atoms with Gasteiger partial charge in [-0.15, -0.1) is 0 Å². The lowest BCUT2D eigenvalue weighted by molar-refractivity contribution is 0.0765. The third-order valence-corrected chi connectivity index (χ3v) is 4.23. The van der Waals surface area contributed by atoms with Crippen LogP contribution in [0.25, 0.3) is 10.9 Å². The second-order valence-electron chi connectivity index (χ2n) is 6.40. The molecule has 3 aromatic heterocycles. The molecular formula is C19H19N5O3. The maximum atomic E-state index is 12.8. The molecule has 0 radical (unpaired) electrons. The van der Waals surface area contributed by atoms with Gasteiger partial charge in [-0.05, 0) is 19.1 Å². The Morgan fingerprint density at radius 2 is 2.22 bits per heavy atom. The fourth-order valence-electron chi connectivity index (χ4n) is 2.94. The first-order chi connectivity index (χ1) is 12.9. The average molecular weight is 365 g/mol. The molecule has 0 aliphatic heterocycles. The van der Waals surface area contributed by atoms with Crippen molar-refractivity contribution in [3.8, 4) is 6.07 Å². The minimum Gasteiger partial charge on any atom is -0.453 e. The van der Waals surface area contributed by atoms with Crippen molar-refractivity contribution in [2.75, 3.05) is 13.6 Å². The predicted molar refractivity (Wildman–Crippen MR) is 98.0 cm³/mol. The van der Waals surface area contributed by atoms with E-state index in [1.807, 2.05) is 36.0 Å². The van der Waals surface area contributed by atoms with Crippen LogP contribution in [0.2, 0.25) is 0 Å². The normalized spacial score (nSPS) is 11.8. The molecule has 0 spiro atoms. The Bertz CT molecular complexity index is 1040. The van der Waals surface area contributed by atoms with Crippen molar-refractivity contribution in [3.05, 3.63) is 53.9 Å². The van der Waals surface area contributed by atoms with Crippen molar-refractivity contribution in [2.45, 2.75) is 13.0 Å².